The van der Waals surface area contributed by atoms with Crippen LogP contribution >= 0.6 is 15.9 Å². The van der Waals surface area contributed by atoms with E-state index in [1.54, 1.807) is 18.2 Å². The van der Waals surface area contributed by atoms with Crippen molar-refractivity contribution in [2.24, 2.45) is 0 Å². The number of methoxy groups -OCH3 is 1. The Kier molecular flexibility index (Phi) is 5.39. The lowest BCUT2D eigenvalue weighted by Crippen LogP contribution is -1.99. The molecular weight excluding hydrogens is 314 g/mol. The number of carboxylic acids is 1. The summed E-state index contributed by atoms with van der Waals surface area (Å²) in [6, 6.07) is 4.90. The lowest BCUT2D eigenvalue weighted by Gasteiger charge is -2.12. The summed E-state index contributed by atoms with van der Waals surface area (Å²) < 4.78 is 11.2. The van der Waals surface area contributed by atoms with Crippen molar-refractivity contribution in [3.63, 3.8) is 0 Å². The molecule has 1 aromatic rings. The molecule has 0 atom stereocenters. The van der Waals surface area contributed by atoms with E-state index in [4.69, 9.17) is 19.8 Å². The highest BCUT2D eigenvalue weighted by atomic mass is 79.9. The fraction of sp³-hybridized carbons (Fsp3) is 0.231. The zero-order valence-corrected chi connectivity index (χ0v) is 12.0. The lowest BCUT2D eigenvalue weighted by atomic mass is 10.1. The van der Waals surface area contributed by atoms with E-state index in [-0.39, 0.29) is 5.57 Å². The van der Waals surface area contributed by atoms with Crippen molar-refractivity contribution >= 4 is 28.0 Å². The molecule has 0 unspecified atom stereocenters. The Labute approximate surface area is 119 Å². The molecule has 0 heterocycles. The molecule has 1 rings (SSSR count). The van der Waals surface area contributed by atoms with Gasteiger partial charge in [0.25, 0.3) is 0 Å². The van der Waals surface area contributed by atoms with Crippen LogP contribution < -0.4 is 9.47 Å². The van der Waals surface area contributed by atoms with Crippen LogP contribution in [0.4, 0.5) is 0 Å². The van der Waals surface area contributed by atoms with Gasteiger partial charge in [-0.1, -0.05) is 0 Å². The molecule has 6 heteroatoms. The van der Waals surface area contributed by atoms with Crippen LogP contribution in [0.5, 0.6) is 11.5 Å². The van der Waals surface area contributed by atoms with Gasteiger partial charge in [-0.2, -0.15) is 5.26 Å². The van der Waals surface area contributed by atoms with Crippen molar-refractivity contribution in [2.45, 2.75) is 6.92 Å². The van der Waals surface area contributed by atoms with E-state index in [9.17, 15) is 4.79 Å². The predicted octanol–water partition coefficient (Wildman–Crippen LogP) is 2.85. The average Bonchev–Trinajstić information content (AvgIpc) is 2.35. The number of benzene rings is 1. The summed E-state index contributed by atoms with van der Waals surface area (Å²) in [5, 5.41) is 17.6. The maximum Gasteiger partial charge on any atom is 0.346 e. The first-order valence-corrected chi connectivity index (χ1v) is 6.18. The third-order valence-corrected chi connectivity index (χ3v) is 2.79. The van der Waals surface area contributed by atoms with Crippen molar-refractivity contribution in [2.75, 3.05) is 13.7 Å². The van der Waals surface area contributed by atoms with Gasteiger partial charge in [-0.05, 0) is 46.6 Å². The maximum atomic E-state index is 10.8. The fourth-order valence-corrected chi connectivity index (χ4v) is 2.06. The van der Waals surface area contributed by atoms with Gasteiger partial charge in [-0.3, -0.25) is 0 Å². The van der Waals surface area contributed by atoms with Gasteiger partial charge in [-0.15, -0.1) is 0 Å². The van der Waals surface area contributed by atoms with Gasteiger partial charge in [0.2, 0.25) is 0 Å². The van der Waals surface area contributed by atoms with E-state index in [2.05, 4.69) is 15.9 Å². The number of carboxylic acid groups (broad SMARTS) is 1. The lowest BCUT2D eigenvalue weighted by molar-refractivity contribution is -0.132. The number of rotatable bonds is 5. The molecule has 0 amide bonds. The smallest absolute Gasteiger partial charge is 0.346 e. The quantitative estimate of drug-likeness (QED) is 0.665. The van der Waals surface area contributed by atoms with Gasteiger partial charge in [0.05, 0.1) is 18.2 Å². The number of hydrogen-bond acceptors (Lipinski definition) is 4. The Morgan fingerprint density at radius 3 is 2.74 bits per heavy atom. The second-order valence-corrected chi connectivity index (χ2v) is 4.30. The van der Waals surface area contributed by atoms with Gasteiger partial charge in [0.15, 0.2) is 11.5 Å². The zero-order valence-electron chi connectivity index (χ0n) is 10.4. The minimum Gasteiger partial charge on any atom is -0.492 e. The van der Waals surface area contributed by atoms with Crippen LogP contribution in [0.3, 0.4) is 0 Å². The van der Waals surface area contributed by atoms with E-state index < -0.39 is 5.97 Å². The molecule has 0 saturated heterocycles. The van der Waals surface area contributed by atoms with E-state index in [0.717, 1.165) is 0 Å². The predicted molar refractivity (Wildman–Crippen MR) is 73.1 cm³/mol. The average molecular weight is 326 g/mol. The number of nitriles is 1. The molecule has 5 nitrogen and oxygen atoms in total. The summed E-state index contributed by atoms with van der Waals surface area (Å²) >= 11 is 3.31. The molecule has 0 aliphatic carbocycles. The largest absolute Gasteiger partial charge is 0.492 e. The van der Waals surface area contributed by atoms with Crippen LogP contribution in [0.25, 0.3) is 6.08 Å². The Bertz CT molecular complexity index is 560. The normalized spacial score (nSPS) is 10.7. The molecule has 0 spiro atoms. The van der Waals surface area contributed by atoms with Crippen LogP contribution in [-0.4, -0.2) is 24.8 Å². The summed E-state index contributed by atoms with van der Waals surface area (Å²) in [5.74, 6) is -0.270. The molecule has 1 N–H and O–H groups in total. The standard InChI is InChI=1S/C13H12BrNO4/c1-3-19-11-6-8(4-9(7-15)13(16)17)5-10(14)12(11)18-2/h4-6H,3H2,1-2H3,(H,16,17). The molecular formula is C13H12BrNO4. The number of aliphatic carboxylic acids is 1. The van der Waals surface area contributed by atoms with Gasteiger partial charge < -0.3 is 14.6 Å². The molecule has 0 aliphatic heterocycles. The number of nitrogens with zero attached hydrogens (tertiary/aromatic N) is 1. The summed E-state index contributed by atoms with van der Waals surface area (Å²) in [5.41, 5.74) is 0.189. The number of ether oxygens (including phenoxy) is 2. The minimum atomic E-state index is -1.27. The molecule has 1 aromatic carbocycles. The Morgan fingerprint density at radius 1 is 1.58 bits per heavy atom. The molecule has 0 radical (unpaired) electrons. The van der Waals surface area contributed by atoms with Crippen molar-refractivity contribution in [3.8, 4) is 17.6 Å². The highest BCUT2D eigenvalue weighted by Crippen LogP contribution is 2.37. The highest BCUT2D eigenvalue weighted by molar-refractivity contribution is 9.10. The SMILES string of the molecule is CCOc1cc(C=C(C#N)C(=O)O)cc(Br)c1OC. The van der Waals surface area contributed by atoms with Crippen molar-refractivity contribution in [1.29, 1.82) is 5.26 Å². The summed E-state index contributed by atoms with van der Waals surface area (Å²) in [6.07, 6.45) is 1.27. The summed E-state index contributed by atoms with van der Waals surface area (Å²) in [6.45, 7) is 2.27. The topological polar surface area (TPSA) is 79.5 Å². The van der Waals surface area contributed by atoms with Gasteiger partial charge in [0, 0.05) is 0 Å². The minimum absolute atomic E-state index is 0.348. The third kappa shape index (κ3) is 3.73. The maximum absolute atomic E-state index is 10.8. The molecule has 0 fully saturated rings. The van der Waals surface area contributed by atoms with Crippen LogP contribution in [0.2, 0.25) is 0 Å². The van der Waals surface area contributed by atoms with Crippen LogP contribution in [0.15, 0.2) is 22.2 Å². The van der Waals surface area contributed by atoms with Crippen LogP contribution in [0.1, 0.15) is 12.5 Å². The van der Waals surface area contributed by atoms with E-state index in [1.807, 2.05) is 6.92 Å². The Morgan fingerprint density at radius 2 is 2.26 bits per heavy atom. The van der Waals surface area contributed by atoms with Crippen LogP contribution in [0, 0.1) is 11.3 Å². The van der Waals surface area contributed by atoms with Crippen LogP contribution in [-0.2, 0) is 4.79 Å². The molecule has 100 valence electrons. The fourth-order valence-electron chi connectivity index (χ4n) is 1.44. The molecule has 0 aliphatic rings. The first kappa shape index (κ1) is 15.1. The second-order valence-electron chi connectivity index (χ2n) is 3.44. The monoisotopic (exact) mass is 325 g/mol. The zero-order chi connectivity index (χ0) is 14.4. The first-order valence-electron chi connectivity index (χ1n) is 5.38. The summed E-state index contributed by atoms with van der Waals surface area (Å²) in [4.78, 5) is 10.8. The second kappa shape index (κ2) is 6.81. The number of hydrogen-bond donors (Lipinski definition) is 1. The van der Waals surface area contributed by atoms with Gasteiger partial charge >= 0.3 is 5.97 Å². The number of halogens is 1. The van der Waals surface area contributed by atoms with Crippen molar-refractivity contribution in [1.82, 2.24) is 0 Å². The molecule has 0 aromatic heterocycles. The first-order chi connectivity index (χ1) is 9.03. The van der Waals surface area contributed by atoms with Crippen molar-refractivity contribution in [3.05, 3.63) is 27.7 Å². The third-order valence-electron chi connectivity index (χ3n) is 2.20. The molecule has 19 heavy (non-hydrogen) atoms. The number of carbonyl (C=O) groups is 1. The summed E-state index contributed by atoms with van der Waals surface area (Å²) in [7, 11) is 1.51. The van der Waals surface area contributed by atoms with E-state index in [1.165, 1.54) is 13.2 Å². The van der Waals surface area contributed by atoms with E-state index >= 15 is 0 Å². The molecule has 0 bridgehead atoms. The highest BCUT2D eigenvalue weighted by Gasteiger charge is 2.12. The molecule has 0 saturated carbocycles. The Balaban J connectivity index is 3.32. The van der Waals surface area contributed by atoms with E-state index in [0.29, 0.717) is 28.1 Å². The van der Waals surface area contributed by atoms with Gasteiger partial charge in [-0.25, -0.2) is 4.79 Å². The van der Waals surface area contributed by atoms with Crippen molar-refractivity contribution < 1.29 is 19.4 Å². The Hall–Kier alpha value is -2.00. The van der Waals surface area contributed by atoms with Gasteiger partial charge in [0.1, 0.15) is 11.6 Å².